The van der Waals surface area contributed by atoms with Gasteiger partial charge in [-0.3, -0.25) is 4.68 Å². The van der Waals surface area contributed by atoms with Gasteiger partial charge in [0.1, 0.15) is 0 Å². The van der Waals surface area contributed by atoms with E-state index in [0.717, 1.165) is 19.6 Å². The predicted molar refractivity (Wildman–Crippen MR) is 78.6 cm³/mol. The van der Waals surface area contributed by atoms with Crippen molar-refractivity contribution in [2.45, 2.75) is 57.5 Å². The molecule has 106 valence electrons. The SMILES string of the molecule is CC(C)n1cc(N2CCNC3(CCCCC3)C2)cn1. The number of hydrogen-bond donors (Lipinski definition) is 1. The van der Waals surface area contributed by atoms with Gasteiger partial charge >= 0.3 is 0 Å². The molecule has 0 amide bonds. The molecule has 1 aromatic rings. The Balaban J connectivity index is 1.73. The van der Waals surface area contributed by atoms with Gasteiger partial charge in [0.2, 0.25) is 0 Å². The highest BCUT2D eigenvalue weighted by Crippen LogP contribution is 2.32. The Kier molecular flexibility index (Phi) is 3.52. The third-order valence-electron chi connectivity index (χ3n) is 4.67. The van der Waals surface area contributed by atoms with E-state index in [4.69, 9.17) is 0 Å². The van der Waals surface area contributed by atoms with Crippen molar-refractivity contribution in [3.63, 3.8) is 0 Å². The van der Waals surface area contributed by atoms with Crippen LogP contribution in [0, 0.1) is 0 Å². The van der Waals surface area contributed by atoms with Crippen molar-refractivity contribution < 1.29 is 0 Å². The topological polar surface area (TPSA) is 33.1 Å². The lowest BCUT2D eigenvalue weighted by Crippen LogP contribution is -2.61. The monoisotopic (exact) mass is 262 g/mol. The van der Waals surface area contributed by atoms with Gasteiger partial charge in [0, 0.05) is 37.4 Å². The molecule has 0 radical (unpaired) electrons. The highest BCUT2D eigenvalue weighted by atomic mass is 15.3. The van der Waals surface area contributed by atoms with Gasteiger partial charge in [-0.2, -0.15) is 5.10 Å². The summed E-state index contributed by atoms with van der Waals surface area (Å²) in [4.78, 5) is 2.52. The summed E-state index contributed by atoms with van der Waals surface area (Å²) in [5.74, 6) is 0. The summed E-state index contributed by atoms with van der Waals surface area (Å²) < 4.78 is 2.06. The fourth-order valence-electron chi connectivity index (χ4n) is 3.51. The van der Waals surface area contributed by atoms with Gasteiger partial charge in [0.15, 0.2) is 0 Å². The van der Waals surface area contributed by atoms with E-state index in [1.165, 1.54) is 37.8 Å². The van der Waals surface area contributed by atoms with Crippen molar-refractivity contribution in [1.82, 2.24) is 15.1 Å². The van der Waals surface area contributed by atoms with Crippen molar-refractivity contribution in [1.29, 1.82) is 0 Å². The minimum atomic E-state index is 0.371. The summed E-state index contributed by atoms with van der Waals surface area (Å²) in [5.41, 5.74) is 1.66. The van der Waals surface area contributed by atoms with Crippen molar-refractivity contribution in [2.75, 3.05) is 24.5 Å². The van der Waals surface area contributed by atoms with E-state index in [-0.39, 0.29) is 0 Å². The molecular weight excluding hydrogens is 236 g/mol. The molecule has 1 saturated carbocycles. The Labute approximate surface area is 116 Å². The normalized spacial score (nSPS) is 23.2. The van der Waals surface area contributed by atoms with Crippen LogP contribution < -0.4 is 10.2 Å². The first-order valence-corrected chi connectivity index (χ1v) is 7.73. The summed E-state index contributed by atoms with van der Waals surface area (Å²) in [6.07, 6.45) is 11.1. The Hall–Kier alpha value is -1.03. The van der Waals surface area contributed by atoms with Gasteiger partial charge in [0.05, 0.1) is 11.9 Å². The second-order valence-corrected chi connectivity index (χ2v) is 6.46. The molecule has 0 unspecified atom stereocenters. The average Bonchev–Trinajstić information content (AvgIpc) is 2.89. The Morgan fingerprint density at radius 3 is 2.74 bits per heavy atom. The summed E-state index contributed by atoms with van der Waals surface area (Å²) in [6.45, 7) is 7.71. The lowest BCUT2D eigenvalue weighted by Gasteiger charge is -2.46. The van der Waals surface area contributed by atoms with E-state index >= 15 is 0 Å². The Bertz CT molecular complexity index is 412. The number of rotatable bonds is 2. The average molecular weight is 262 g/mol. The van der Waals surface area contributed by atoms with E-state index in [9.17, 15) is 0 Å². The molecule has 2 aliphatic rings. The zero-order valence-corrected chi connectivity index (χ0v) is 12.2. The molecular formula is C15H26N4. The third kappa shape index (κ3) is 2.64. The zero-order chi connectivity index (χ0) is 13.3. The molecule has 1 aromatic heterocycles. The zero-order valence-electron chi connectivity index (χ0n) is 12.2. The second-order valence-electron chi connectivity index (χ2n) is 6.46. The van der Waals surface area contributed by atoms with E-state index in [1.54, 1.807) is 0 Å². The van der Waals surface area contributed by atoms with Crippen LogP contribution in [0.2, 0.25) is 0 Å². The fourth-order valence-corrected chi connectivity index (χ4v) is 3.51. The van der Waals surface area contributed by atoms with Crippen LogP contribution in [-0.4, -0.2) is 35.0 Å². The highest BCUT2D eigenvalue weighted by Gasteiger charge is 2.36. The number of anilines is 1. The van der Waals surface area contributed by atoms with Crippen LogP contribution >= 0.6 is 0 Å². The molecule has 1 N–H and O–H groups in total. The molecule has 1 saturated heterocycles. The molecule has 1 aliphatic carbocycles. The Morgan fingerprint density at radius 2 is 2.05 bits per heavy atom. The molecule has 4 nitrogen and oxygen atoms in total. The highest BCUT2D eigenvalue weighted by molar-refractivity contribution is 5.44. The Morgan fingerprint density at radius 1 is 1.26 bits per heavy atom. The first-order chi connectivity index (χ1) is 9.19. The van der Waals surface area contributed by atoms with Gasteiger partial charge in [-0.15, -0.1) is 0 Å². The van der Waals surface area contributed by atoms with Gasteiger partial charge in [-0.25, -0.2) is 0 Å². The summed E-state index contributed by atoms with van der Waals surface area (Å²) in [5, 5.41) is 8.27. The quantitative estimate of drug-likeness (QED) is 0.889. The standard InChI is InChI=1S/C15H26N4/c1-13(2)19-11-14(10-17-19)18-9-8-16-15(12-18)6-4-3-5-7-15/h10-11,13,16H,3-9,12H2,1-2H3. The lowest BCUT2D eigenvalue weighted by molar-refractivity contribution is 0.216. The molecule has 0 bridgehead atoms. The van der Waals surface area contributed by atoms with Crippen LogP contribution in [-0.2, 0) is 0 Å². The number of aromatic nitrogens is 2. The number of nitrogens with one attached hydrogen (secondary N) is 1. The van der Waals surface area contributed by atoms with Gasteiger partial charge in [-0.1, -0.05) is 19.3 Å². The summed E-state index contributed by atoms with van der Waals surface area (Å²) in [7, 11) is 0. The molecule has 2 heterocycles. The predicted octanol–water partition coefficient (Wildman–Crippen LogP) is 2.58. The van der Waals surface area contributed by atoms with Crippen LogP contribution in [0.25, 0.3) is 0 Å². The van der Waals surface area contributed by atoms with Gasteiger partial charge in [-0.05, 0) is 26.7 Å². The van der Waals surface area contributed by atoms with E-state index < -0.39 is 0 Å². The molecule has 19 heavy (non-hydrogen) atoms. The molecule has 2 fully saturated rings. The lowest BCUT2D eigenvalue weighted by atomic mass is 9.80. The van der Waals surface area contributed by atoms with Crippen LogP contribution in [0.4, 0.5) is 5.69 Å². The summed E-state index contributed by atoms with van der Waals surface area (Å²) >= 11 is 0. The largest absolute Gasteiger partial charge is 0.366 e. The number of nitrogens with zero attached hydrogens (tertiary/aromatic N) is 3. The maximum Gasteiger partial charge on any atom is 0.0753 e. The summed E-state index contributed by atoms with van der Waals surface area (Å²) in [6, 6.07) is 0.445. The van der Waals surface area contributed by atoms with Crippen molar-refractivity contribution in [3.8, 4) is 0 Å². The molecule has 4 heteroatoms. The number of piperazine rings is 1. The van der Waals surface area contributed by atoms with Crippen molar-refractivity contribution >= 4 is 5.69 Å². The maximum atomic E-state index is 4.48. The van der Waals surface area contributed by atoms with Gasteiger partial charge < -0.3 is 10.2 Å². The third-order valence-corrected chi connectivity index (χ3v) is 4.67. The van der Waals surface area contributed by atoms with Crippen LogP contribution in [0.3, 0.4) is 0 Å². The first-order valence-electron chi connectivity index (χ1n) is 7.73. The van der Waals surface area contributed by atoms with Gasteiger partial charge in [0.25, 0.3) is 0 Å². The van der Waals surface area contributed by atoms with Crippen LogP contribution in [0.1, 0.15) is 52.0 Å². The minimum Gasteiger partial charge on any atom is -0.366 e. The number of hydrogen-bond acceptors (Lipinski definition) is 3. The van der Waals surface area contributed by atoms with E-state index in [2.05, 4.69) is 40.0 Å². The maximum absolute atomic E-state index is 4.48. The van der Waals surface area contributed by atoms with Crippen LogP contribution in [0.5, 0.6) is 0 Å². The molecule has 3 rings (SSSR count). The smallest absolute Gasteiger partial charge is 0.0753 e. The van der Waals surface area contributed by atoms with E-state index in [0.29, 0.717) is 11.6 Å². The molecule has 0 aromatic carbocycles. The first kappa shape index (κ1) is 13.0. The fraction of sp³-hybridized carbons (Fsp3) is 0.800. The van der Waals surface area contributed by atoms with E-state index in [1.807, 2.05) is 6.20 Å². The van der Waals surface area contributed by atoms with Crippen LogP contribution in [0.15, 0.2) is 12.4 Å². The molecule has 1 aliphatic heterocycles. The molecule has 1 spiro atoms. The molecule has 0 atom stereocenters. The minimum absolute atomic E-state index is 0.371. The second kappa shape index (κ2) is 5.16. The van der Waals surface area contributed by atoms with Crippen molar-refractivity contribution in [3.05, 3.63) is 12.4 Å². The van der Waals surface area contributed by atoms with Crippen molar-refractivity contribution in [2.24, 2.45) is 0 Å².